The fourth-order valence-electron chi connectivity index (χ4n) is 0.916. The lowest BCUT2D eigenvalue weighted by Gasteiger charge is -2.15. The fraction of sp³-hybridized carbons (Fsp3) is 0.778. The van der Waals surface area contributed by atoms with Gasteiger partial charge >= 0.3 is 12.0 Å². The van der Waals surface area contributed by atoms with E-state index in [2.05, 4.69) is 10.6 Å². The SMILES string of the molecule is COC(C)CNC(=O)N[C@@H](CCO)C(=O)O. The minimum absolute atomic E-state index is 0.0252. The number of aliphatic carboxylic acids is 1. The molecular weight excluding hydrogens is 216 g/mol. The Kier molecular flexibility index (Phi) is 7.23. The second-order valence-electron chi connectivity index (χ2n) is 3.30. The largest absolute Gasteiger partial charge is 0.480 e. The second-order valence-corrected chi connectivity index (χ2v) is 3.30. The fourth-order valence-corrected chi connectivity index (χ4v) is 0.916. The molecule has 0 heterocycles. The third-order valence-corrected chi connectivity index (χ3v) is 1.97. The van der Waals surface area contributed by atoms with Crippen LogP contribution >= 0.6 is 0 Å². The van der Waals surface area contributed by atoms with E-state index in [1.165, 1.54) is 7.11 Å². The highest BCUT2D eigenvalue weighted by molar-refractivity contribution is 5.82. The molecular formula is C9H18N2O5. The highest BCUT2D eigenvalue weighted by Gasteiger charge is 2.18. The maximum Gasteiger partial charge on any atom is 0.326 e. The number of aliphatic hydroxyl groups is 1. The van der Waals surface area contributed by atoms with Crippen LogP contribution in [0.1, 0.15) is 13.3 Å². The highest BCUT2D eigenvalue weighted by Crippen LogP contribution is 1.91. The van der Waals surface area contributed by atoms with Gasteiger partial charge in [-0.15, -0.1) is 0 Å². The van der Waals surface area contributed by atoms with E-state index in [0.717, 1.165) is 0 Å². The maximum absolute atomic E-state index is 11.2. The van der Waals surface area contributed by atoms with Gasteiger partial charge in [0.15, 0.2) is 0 Å². The molecule has 0 saturated heterocycles. The van der Waals surface area contributed by atoms with Gasteiger partial charge in [-0.25, -0.2) is 9.59 Å². The number of carbonyl (C=O) groups excluding carboxylic acids is 1. The Morgan fingerprint density at radius 3 is 2.50 bits per heavy atom. The molecule has 2 amide bonds. The summed E-state index contributed by atoms with van der Waals surface area (Å²) < 4.78 is 4.90. The van der Waals surface area contributed by atoms with Crippen molar-refractivity contribution in [1.29, 1.82) is 0 Å². The zero-order chi connectivity index (χ0) is 12.6. The van der Waals surface area contributed by atoms with Gasteiger partial charge in [-0.2, -0.15) is 0 Å². The summed E-state index contributed by atoms with van der Waals surface area (Å²) >= 11 is 0. The molecule has 7 nitrogen and oxygen atoms in total. The molecule has 0 spiro atoms. The van der Waals surface area contributed by atoms with E-state index >= 15 is 0 Å². The molecule has 0 radical (unpaired) electrons. The number of ether oxygens (including phenoxy) is 1. The summed E-state index contributed by atoms with van der Waals surface area (Å²) in [5.41, 5.74) is 0. The number of carboxylic acids is 1. The van der Waals surface area contributed by atoms with Crippen molar-refractivity contribution >= 4 is 12.0 Å². The van der Waals surface area contributed by atoms with Crippen LogP contribution in [0.2, 0.25) is 0 Å². The molecule has 2 atom stereocenters. The van der Waals surface area contributed by atoms with Crippen LogP contribution in [-0.4, -0.2) is 54.6 Å². The number of carboxylic acid groups (broad SMARTS) is 1. The third-order valence-electron chi connectivity index (χ3n) is 1.97. The van der Waals surface area contributed by atoms with Crippen LogP contribution in [0, 0.1) is 0 Å². The van der Waals surface area contributed by atoms with Gasteiger partial charge in [0.25, 0.3) is 0 Å². The van der Waals surface area contributed by atoms with E-state index in [4.69, 9.17) is 14.9 Å². The van der Waals surface area contributed by atoms with Crippen LogP contribution in [0.5, 0.6) is 0 Å². The van der Waals surface area contributed by atoms with Crippen molar-refractivity contribution in [2.45, 2.75) is 25.5 Å². The summed E-state index contributed by atoms with van der Waals surface area (Å²) in [5.74, 6) is -1.18. The lowest BCUT2D eigenvalue weighted by Crippen LogP contribution is -2.47. The van der Waals surface area contributed by atoms with Crippen molar-refractivity contribution in [3.05, 3.63) is 0 Å². The van der Waals surface area contributed by atoms with Crippen LogP contribution in [0.3, 0.4) is 0 Å². The van der Waals surface area contributed by atoms with Gasteiger partial charge in [-0.1, -0.05) is 0 Å². The Balaban J connectivity index is 3.95. The molecule has 94 valence electrons. The number of hydrogen-bond acceptors (Lipinski definition) is 4. The lowest BCUT2D eigenvalue weighted by atomic mass is 10.2. The number of aliphatic hydroxyl groups excluding tert-OH is 1. The van der Waals surface area contributed by atoms with Crippen molar-refractivity contribution in [3.8, 4) is 0 Å². The van der Waals surface area contributed by atoms with Crippen LogP contribution in [0.4, 0.5) is 4.79 Å². The quantitative estimate of drug-likeness (QED) is 0.459. The molecule has 1 unspecified atom stereocenters. The highest BCUT2D eigenvalue weighted by atomic mass is 16.5. The van der Waals surface area contributed by atoms with Gasteiger partial charge < -0.3 is 25.6 Å². The number of urea groups is 1. The van der Waals surface area contributed by atoms with Crippen molar-refractivity contribution < 1.29 is 24.5 Å². The topological polar surface area (TPSA) is 108 Å². The number of rotatable bonds is 7. The standard InChI is InChI=1S/C9H18N2O5/c1-6(16-2)5-10-9(15)11-7(3-4-12)8(13)14/h6-7,12H,3-5H2,1-2H3,(H,13,14)(H2,10,11,15)/t6?,7-/m0/s1. The monoisotopic (exact) mass is 234 g/mol. The van der Waals surface area contributed by atoms with Gasteiger partial charge in [-0.05, 0) is 6.92 Å². The Labute approximate surface area is 93.8 Å². The predicted octanol–water partition coefficient (Wildman–Crippen LogP) is -0.844. The van der Waals surface area contributed by atoms with E-state index in [9.17, 15) is 9.59 Å². The average Bonchev–Trinajstić information content (AvgIpc) is 2.25. The zero-order valence-electron chi connectivity index (χ0n) is 9.40. The number of methoxy groups -OCH3 is 1. The molecule has 0 aromatic heterocycles. The van der Waals surface area contributed by atoms with Gasteiger partial charge in [0.05, 0.1) is 6.10 Å². The molecule has 0 aliphatic heterocycles. The predicted molar refractivity (Wildman–Crippen MR) is 56.1 cm³/mol. The molecule has 0 aromatic rings. The average molecular weight is 234 g/mol. The Morgan fingerprint density at radius 1 is 1.44 bits per heavy atom. The van der Waals surface area contributed by atoms with Crippen LogP contribution < -0.4 is 10.6 Å². The molecule has 16 heavy (non-hydrogen) atoms. The Bertz CT molecular complexity index is 234. The van der Waals surface area contributed by atoms with E-state index in [-0.39, 0.29) is 25.7 Å². The molecule has 0 rings (SSSR count). The number of nitrogens with one attached hydrogen (secondary N) is 2. The van der Waals surface area contributed by atoms with Crippen molar-refractivity contribution in [2.75, 3.05) is 20.3 Å². The lowest BCUT2D eigenvalue weighted by molar-refractivity contribution is -0.139. The molecule has 0 aliphatic rings. The third kappa shape index (κ3) is 6.20. The second kappa shape index (κ2) is 7.89. The van der Waals surface area contributed by atoms with Gasteiger partial charge in [0, 0.05) is 26.7 Å². The summed E-state index contributed by atoms with van der Waals surface area (Å²) in [5, 5.41) is 22.0. The van der Waals surface area contributed by atoms with Gasteiger partial charge in [0.1, 0.15) is 6.04 Å². The minimum Gasteiger partial charge on any atom is -0.480 e. The van der Waals surface area contributed by atoms with Gasteiger partial charge in [-0.3, -0.25) is 0 Å². The van der Waals surface area contributed by atoms with Crippen LogP contribution in [-0.2, 0) is 9.53 Å². The van der Waals surface area contributed by atoms with Gasteiger partial charge in [0.2, 0.25) is 0 Å². The number of hydrogen-bond donors (Lipinski definition) is 4. The summed E-state index contributed by atoms with van der Waals surface area (Å²) in [6, 6.07) is -1.67. The van der Waals surface area contributed by atoms with Crippen molar-refractivity contribution in [3.63, 3.8) is 0 Å². The summed E-state index contributed by atoms with van der Waals surface area (Å²) in [6.07, 6.45) is -0.172. The summed E-state index contributed by atoms with van der Waals surface area (Å²) in [6.45, 7) is 1.75. The van der Waals surface area contributed by atoms with Crippen molar-refractivity contribution in [2.24, 2.45) is 0 Å². The first-order valence-corrected chi connectivity index (χ1v) is 4.92. The molecule has 0 fully saturated rings. The van der Waals surface area contributed by atoms with Crippen LogP contribution in [0.15, 0.2) is 0 Å². The first-order chi connectivity index (χ1) is 7.51. The molecule has 0 saturated carbocycles. The first kappa shape index (κ1) is 14.7. The zero-order valence-corrected chi connectivity index (χ0v) is 9.40. The molecule has 0 aliphatic carbocycles. The Hall–Kier alpha value is -1.34. The van der Waals surface area contributed by atoms with E-state index in [1.807, 2.05) is 0 Å². The number of amides is 2. The Morgan fingerprint density at radius 2 is 2.06 bits per heavy atom. The molecule has 0 bridgehead atoms. The van der Waals surface area contributed by atoms with E-state index < -0.39 is 18.0 Å². The van der Waals surface area contributed by atoms with Crippen molar-refractivity contribution in [1.82, 2.24) is 10.6 Å². The number of carbonyl (C=O) groups is 2. The van der Waals surface area contributed by atoms with E-state index in [0.29, 0.717) is 0 Å². The first-order valence-electron chi connectivity index (χ1n) is 4.92. The van der Waals surface area contributed by atoms with E-state index in [1.54, 1.807) is 6.92 Å². The molecule has 4 N–H and O–H groups in total. The minimum atomic E-state index is -1.18. The van der Waals surface area contributed by atoms with Crippen LogP contribution in [0.25, 0.3) is 0 Å². The molecule has 0 aromatic carbocycles. The molecule has 7 heteroatoms. The summed E-state index contributed by atoms with van der Waals surface area (Å²) in [7, 11) is 1.51. The maximum atomic E-state index is 11.2. The normalized spacial score (nSPS) is 13.9. The summed E-state index contributed by atoms with van der Waals surface area (Å²) in [4.78, 5) is 21.9. The smallest absolute Gasteiger partial charge is 0.326 e.